The minimum Gasteiger partial charge on any atom is -0.481 e. The van der Waals surface area contributed by atoms with Crippen LogP contribution in [0.3, 0.4) is 0 Å². The summed E-state index contributed by atoms with van der Waals surface area (Å²) in [6.45, 7) is 3.87. The number of aliphatic carboxylic acids is 1. The van der Waals surface area contributed by atoms with Crippen molar-refractivity contribution in [3.8, 4) is 0 Å². The van der Waals surface area contributed by atoms with Crippen molar-refractivity contribution in [1.29, 1.82) is 0 Å². The first kappa shape index (κ1) is 16.9. The predicted octanol–water partition coefficient (Wildman–Crippen LogP) is 2.38. The quantitative estimate of drug-likeness (QED) is 0.431. The molecule has 0 aliphatic rings. The second-order valence-corrected chi connectivity index (χ2v) is 4.14. The van der Waals surface area contributed by atoms with Crippen LogP contribution in [0.5, 0.6) is 0 Å². The number of carbonyl (C=O) groups excluding carboxylic acids is 1. The molecule has 0 fully saturated rings. The van der Waals surface area contributed by atoms with E-state index in [-0.39, 0.29) is 12.4 Å². The first-order valence-electron chi connectivity index (χ1n) is 6.62. The standard InChI is InChI=1S/C13H24O5/c1-2-3-9-17-10-6-11-18-13(16)8-5-4-7-12(14)15/h2-11H2,1H3,(H,14,15). The van der Waals surface area contributed by atoms with Gasteiger partial charge in [-0.15, -0.1) is 0 Å². The highest BCUT2D eigenvalue weighted by molar-refractivity contribution is 5.69. The Bertz CT molecular complexity index is 227. The van der Waals surface area contributed by atoms with Crippen molar-refractivity contribution in [1.82, 2.24) is 0 Å². The molecule has 1 N–H and O–H groups in total. The molecule has 0 heterocycles. The van der Waals surface area contributed by atoms with E-state index in [0.29, 0.717) is 38.9 Å². The van der Waals surface area contributed by atoms with Gasteiger partial charge in [-0.2, -0.15) is 0 Å². The lowest BCUT2D eigenvalue weighted by Gasteiger charge is -2.05. The third kappa shape index (κ3) is 13.0. The summed E-state index contributed by atoms with van der Waals surface area (Å²) in [5, 5.41) is 8.41. The number of hydrogen-bond donors (Lipinski definition) is 1. The molecule has 0 bridgehead atoms. The average Bonchev–Trinajstić information content (AvgIpc) is 2.33. The number of rotatable bonds is 12. The topological polar surface area (TPSA) is 72.8 Å². The molecule has 0 spiro atoms. The van der Waals surface area contributed by atoms with Crippen LogP contribution in [-0.2, 0) is 19.1 Å². The van der Waals surface area contributed by atoms with Crippen LogP contribution >= 0.6 is 0 Å². The zero-order valence-corrected chi connectivity index (χ0v) is 11.2. The zero-order valence-electron chi connectivity index (χ0n) is 11.2. The summed E-state index contributed by atoms with van der Waals surface area (Å²) in [6, 6.07) is 0. The van der Waals surface area contributed by atoms with E-state index in [2.05, 4.69) is 6.92 Å². The van der Waals surface area contributed by atoms with Crippen LogP contribution < -0.4 is 0 Å². The number of carboxylic acids is 1. The van der Waals surface area contributed by atoms with Crippen molar-refractivity contribution in [3.05, 3.63) is 0 Å². The van der Waals surface area contributed by atoms with Crippen LogP contribution in [0.1, 0.15) is 51.9 Å². The van der Waals surface area contributed by atoms with Gasteiger partial charge in [-0.3, -0.25) is 9.59 Å². The minimum absolute atomic E-state index is 0.110. The molecule has 0 atom stereocenters. The molecule has 0 aliphatic heterocycles. The van der Waals surface area contributed by atoms with E-state index in [1.54, 1.807) is 0 Å². The highest BCUT2D eigenvalue weighted by atomic mass is 16.5. The van der Waals surface area contributed by atoms with Gasteiger partial charge in [-0.05, 0) is 19.3 Å². The molecule has 0 aromatic rings. The van der Waals surface area contributed by atoms with Crippen molar-refractivity contribution in [3.63, 3.8) is 0 Å². The second-order valence-electron chi connectivity index (χ2n) is 4.14. The first-order valence-corrected chi connectivity index (χ1v) is 6.62. The van der Waals surface area contributed by atoms with Crippen LogP contribution in [0.4, 0.5) is 0 Å². The predicted molar refractivity (Wildman–Crippen MR) is 67.4 cm³/mol. The van der Waals surface area contributed by atoms with E-state index < -0.39 is 5.97 Å². The summed E-state index contributed by atoms with van der Waals surface area (Å²) in [6.07, 6.45) is 4.38. The Labute approximate surface area is 108 Å². The number of carboxylic acid groups (broad SMARTS) is 1. The van der Waals surface area contributed by atoms with E-state index in [4.69, 9.17) is 14.6 Å². The van der Waals surface area contributed by atoms with Gasteiger partial charge in [-0.25, -0.2) is 0 Å². The van der Waals surface area contributed by atoms with Gasteiger partial charge >= 0.3 is 11.9 Å². The Balaban J connectivity index is 3.19. The second kappa shape index (κ2) is 12.4. The van der Waals surface area contributed by atoms with E-state index in [0.717, 1.165) is 19.4 Å². The fraction of sp³-hybridized carbons (Fsp3) is 0.846. The lowest BCUT2D eigenvalue weighted by Crippen LogP contribution is -2.08. The van der Waals surface area contributed by atoms with Crippen molar-refractivity contribution < 1.29 is 24.2 Å². The van der Waals surface area contributed by atoms with E-state index in [1.165, 1.54) is 0 Å². The molecule has 0 aliphatic carbocycles. The molecule has 0 aromatic carbocycles. The molecule has 106 valence electrons. The number of esters is 1. The SMILES string of the molecule is CCCCOCCCOC(=O)CCCCC(=O)O. The Morgan fingerprint density at radius 2 is 1.61 bits per heavy atom. The third-order valence-corrected chi connectivity index (χ3v) is 2.36. The number of ether oxygens (including phenoxy) is 2. The molecular formula is C13H24O5. The van der Waals surface area contributed by atoms with E-state index >= 15 is 0 Å². The molecule has 5 nitrogen and oxygen atoms in total. The molecule has 0 aromatic heterocycles. The van der Waals surface area contributed by atoms with Crippen molar-refractivity contribution in [2.75, 3.05) is 19.8 Å². The molecule has 0 saturated heterocycles. The van der Waals surface area contributed by atoms with Crippen molar-refractivity contribution in [2.24, 2.45) is 0 Å². The maximum Gasteiger partial charge on any atom is 0.305 e. The maximum absolute atomic E-state index is 11.2. The molecule has 0 saturated carbocycles. The average molecular weight is 260 g/mol. The molecule has 0 radical (unpaired) electrons. The lowest BCUT2D eigenvalue weighted by atomic mass is 10.2. The van der Waals surface area contributed by atoms with E-state index in [9.17, 15) is 9.59 Å². The normalized spacial score (nSPS) is 10.3. The maximum atomic E-state index is 11.2. The smallest absolute Gasteiger partial charge is 0.305 e. The van der Waals surface area contributed by atoms with Gasteiger partial charge < -0.3 is 14.6 Å². The highest BCUT2D eigenvalue weighted by Gasteiger charge is 2.03. The molecular weight excluding hydrogens is 236 g/mol. The Hall–Kier alpha value is -1.10. The summed E-state index contributed by atoms with van der Waals surface area (Å²) in [5.74, 6) is -1.08. The fourth-order valence-corrected chi connectivity index (χ4v) is 1.31. The Morgan fingerprint density at radius 1 is 0.944 bits per heavy atom. The third-order valence-electron chi connectivity index (χ3n) is 2.36. The van der Waals surface area contributed by atoms with Crippen molar-refractivity contribution in [2.45, 2.75) is 51.9 Å². The summed E-state index contributed by atoms with van der Waals surface area (Å²) >= 11 is 0. The number of carbonyl (C=O) groups is 2. The van der Waals surface area contributed by atoms with Gasteiger partial charge in [-0.1, -0.05) is 13.3 Å². The first-order chi connectivity index (χ1) is 8.66. The summed E-state index contributed by atoms with van der Waals surface area (Å²) in [5.41, 5.74) is 0. The monoisotopic (exact) mass is 260 g/mol. The highest BCUT2D eigenvalue weighted by Crippen LogP contribution is 2.01. The van der Waals surface area contributed by atoms with Gasteiger partial charge in [0.1, 0.15) is 0 Å². The van der Waals surface area contributed by atoms with Crippen LogP contribution in [0.15, 0.2) is 0 Å². The van der Waals surface area contributed by atoms with Crippen LogP contribution in [-0.4, -0.2) is 36.9 Å². The molecule has 0 amide bonds. The summed E-state index contributed by atoms with van der Waals surface area (Å²) in [7, 11) is 0. The Kier molecular flexibility index (Phi) is 11.6. The summed E-state index contributed by atoms with van der Waals surface area (Å²) in [4.78, 5) is 21.4. The molecule has 0 unspecified atom stereocenters. The van der Waals surface area contributed by atoms with Crippen LogP contribution in [0.25, 0.3) is 0 Å². The minimum atomic E-state index is -0.826. The van der Waals surface area contributed by atoms with Crippen LogP contribution in [0, 0.1) is 0 Å². The van der Waals surface area contributed by atoms with Gasteiger partial charge in [0.05, 0.1) is 6.61 Å². The fourth-order valence-electron chi connectivity index (χ4n) is 1.31. The number of hydrogen-bond acceptors (Lipinski definition) is 4. The Morgan fingerprint density at radius 3 is 2.28 bits per heavy atom. The zero-order chi connectivity index (χ0) is 13.6. The molecule has 18 heavy (non-hydrogen) atoms. The molecule has 5 heteroatoms. The largest absolute Gasteiger partial charge is 0.481 e. The van der Waals surface area contributed by atoms with Gasteiger partial charge in [0.15, 0.2) is 0 Å². The van der Waals surface area contributed by atoms with Gasteiger partial charge in [0, 0.05) is 32.5 Å². The van der Waals surface area contributed by atoms with E-state index in [1.807, 2.05) is 0 Å². The van der Waals surface area contributed by atoms with Gasteiger partial charge in [0.25, 0.3) is 0 Å². The number of unbranched alkanes of at least 4 members (excludes halogenated alkanes) is 2. The molecule has 0 rings (SSSR count). The van der Waals surface area contributed by atoms with Crippen molar-refractivity contribution >= 4 is 11.9 Å². The lowest BCUT2D eigenvalue weighted by molar-refractivity contribution is -0.144. The van der Waals surface area contributed by atoms with Gasteiger partial charge in [0.2, 0.25) is 0 Å². The van der Waals surface area contributed by atoms with Crippen LogP contribution in [0.2, 0.25) is 0 Å². The summed E-state index contributed by atoms with van der Waals surface area (Å²) < 4.78 is 10.3.